The number of hydrogen-bond donors (Lipinski definition) is 5. The van der Waals surface area contributed by atoms with E-state index >= 15 is 0 Å². The molecule has 0 radical (unpaired) electrons. The molecule has 0 rings (SSSR count). The van der Waals surface area contributed by atoms with E-state index in [1.807, 2.05) is 5.32 Å². The van der Waals surface area contributed by atoms with Gasteiger partial charge in [0.1, 0.15) is 6.04 Å². The summed E-state index contributed by atoms with van der Waals surface area (Å²) >= 11 is 0. The van der Waals surface area contributed by atoms with Crippen LogP contribution in [0, 0.1) is 0 Å². The van der Waals surface area contributed by atoms with Crippen LogP contribution in [0.1, 0.15) is 6.42 Å². The van der Waals surface area contributed by atoms with Crippen molar-refractivity contribution in [1.82, 2.24) is 16.0 Å². The van der Waals surface area contributed by atoms with Gasteiger partial charge in [-0.1, -0.05) is 0 Å². The van der Waals surface area contributed by atoms with Crippen LogP contribution >= 0.6 is 0 Å². The molecule has 0 aromatic carbocycles. The van der Waals surface area contributed by atoms with Crippen LogP contribution in [0.4, 0.5) is 4.79 Å². The van der Waals surface area contributed by atoms with Gasteiger partial charge < -0.3 is 26.2 Å². The van der Waals surface area contributed by atoms with Crippen LogP contribution in [0.2, 0.25) is 0 Å². The summed E-state index contributed by atoms with van der Waals surface area (Å²) in [4.78, 5) is 42.7. The van der Waals surface area contributed by atoms with Crippen molar-refractivity contribution in [3.8, 4) is 0 Å². The fourth-order valence-electron chi connectivity index (χ4n) is 0.833. The maximum absolute atomic E-state index is 11.1. The molecule has 0 bridgehead atoms. The highest BCUT2D eigenvalue weighted by Crippen LogP contribution is 1.92. The molecule has 1 atom stereocenters. The largest absolute Gasteiger partial charge is 0.481 e. The maximum atomic E-state index is 11.1. The zero-order valence-corrected chi connectivity index (χ0v) is 9.02. The lowest BCUT2D eigenvalue weighted by molar-refractivity contribution is -0.145. The smallest absolute Gasteiger partial charge is 0.326 e. The molecule has 0 fully saturated rings. The number of urea groups is 1. The van der Waals surface area contributed by atoms with E-state index in [2.05, 4.69) is 10.6 Å². The summed E-state index contributed by atoms with van der Waals surface area (Å²) in [5, 5.41) is 23.2. The summed E-state index contributed by atoms with van der Waals surface area (Å²) in [7, 11) is 1.37. The third-order valence-corrected chi connectivity index (χ3v) is 1.67. The zero-order valence-electron chi connectivity index (χ0n) is 9.02. The summed E-state index contributed by atoms with van der Waals surface area (Å²) in [5.74, 6) is -3.29. The molecule has 0 heterocycles. The molecule has 0 aromatic heterocycles. The van der Waals surface area contributed by atoms with Gasteiger partial charge in [0.2, 0.25) is 5.91 Å². The van der Waals surface area contributed by atoms with E-state index in [0.717, 1.165) is 0 Å². The first kappa shape index (κ1) is 14.7. The Labute approximate surface area is 96.2 Å². The predicted octanol–water partition coefficient (Wildman–Crippen LogP) is -2.04. The molecule has 0 unspecified atom stereocenters. The highest BCUT2D eigenvalue weighted by atomic mass is 16.4. The number of carbonyl (C=O) groups is 4. The lowest BCUT2D eigenvalue weighted by Gasteiger charge is -2.12. The highest BCUT2D eigenvalue weighted by molar-refractivity contribution is 5.88. The van der Waals surface area contributed by atoms with Gasteiger partial charge >= 0.3 is 18.0 Å². The normalized spacial score (nSPS) is 11.1. The minimum absolute atomic E-state index is 0.332. The molecule has 0 saturated carbocycles. The Bertz CT molecular complexity index is 329. The van der Waals surface area contributed by atoms with Crippen LogP contribution in [0.25, 0.3) is 0 Å². The van der Waals surface area contributed by atoms with Crippen LogP contribution in [-0.2, 0) is 14.4 Å². The SMILES string of the molecule is CNC(=O)CNC(=O)N[C@H](CC(=O)O)C(=O)O. The summed E-state index contributed by atoms with van der Waals surface area (Å²) < 4.78 is 0. The van der Waals surface area contributed by atoms with Crippen LogP contribution in [0.15, 0.2) is 0 Å². The van der Waals surface area contributed by atoms with Gasteiger partial charge in [-0.05, 0) is 0 Å². The van der Waals surface area contributed by atoms with Crippen molar-refractivity contribution in [2.75, 3.05) is 13.6 Å². The lowest BCUT2D eigenvalue weighted by atomic mass is 10.2. The van der Waals surface area contributed by atoms with Crippen LogP contribution in [0.5, 0.6) is 0 Å². The topological polar surface area (TPSA) is 145 Å². The molecule has 0 aromatic rings. The number of rotatable bonds is 6. The minimum atomic E-state index is -1.54. The van der Waals surface area contributed by atoms with Crippen LogP contribution in [0.3, 0.4) is 0 Å². The molecule has 0 spiro atoms. The molecule has 3 amide bonds. The van der Waals surface area contributed by atoms with Gasteiger partial charge in [-0.25, -0.2) is 9.59 Å². The Hall–Kier alpha value is -2.32. The average Bonchev–Trinajstić information content (AvgIpc) is 2.24. The summed E-state index contributed by atoms with van der Waals surface area (Å²) in [6, 6.07) is -2.47. The summed E-state index contributed by atoms with van der Waals surface area (Å²) in [5.41, 5.74) is 0. The van der Waals surface area contributed by atoms with Gasteiger partial charge in [0.25, 0.3) is 0 Å². The molecule has 96 valence electrons. The van der Waals surface area contributed by atoms with Gasteiger partial charge in [-0.2, -0.15) is 0 Å². The van der Waals surface area contributed by atoms with Gasteiger partial charge in [0.05, 0.1) is 13.0 Å². The molecule has 0 aliphatic rings. The second-order valence-corrected chi connectivity index (χ2v) is 2.99. The van der Waals surface area contributed by atoms with Crippen molar-refractivity contribution in [2.24, 2.45) is 0 Å². The number of carbonyl (C=O) groups excluding carboxylic acids is 2. The first-order valence-electron chi connectivity index (χ1n) is 4.56. The molecule has 9 nitrogen and oxygen atoms in total. The Balaban J connectivity index is 4.17. The van der Waals surface area contributed by atoms with E-state index < -0.39 is 36.3 Å². The Morgan fingerprint density at radius 3 is 2.18 bits per heavy atom. The predicted molar refractivity (Wildman–Crippen MR) is 54.3 cm³/mol. The second-order valence-electron chi connectivity index (χ2n) is 2.99. The number of carboxylic acid groups (broad SMARTS) is 2. The van der Waals surface area contributed by atoms with Gasteiger partial charge in [0.15, 0.2) is 0 Å². The summed E-state index contributed by atoms with van der Waals surface area (Å²) in [6.45, 7) is -0.332. The van der Waals surface area contributed by atoms with Gasteiger partial charge in [0, 0.05) is 7.05 Å². The van der Waals surface area contributed by atoms with Crippen LogP contribution in [-0.4, -0.2) is 53.7 Å². The third-order valence-electron chi connectivity index (χ3n) is 1.67. The van der Waals surface area contributed by atoms with Crippen molar-refractivity contribution in [2.45, 2.75) is 12.5 Å². The number of carboxylic acids is 2. The second kappa shape index (κ2) is 7.04. The average molecular weight is 247 g/mol. The van der Waals surface area contributed by atoms with Crippen molar-refractivity contribution >= 4 is 23.9 Å². The third kappa shape index (κ3) is 6.71. The van der Waals surface area contributed by atoms with Crippen molar-refractivity contribution in [3.05, 3.63) is 0 Å². The quantitative estimate of drug-likeness (QED) is 0.365. The molecular weight excluding hydrogens is 234 g/mol. The molecule has 17 heavy (non-hydrogen) atoms. The van der Waals surface area contributed by atoms with Gasteiger partial charge in [-0.3, -0.25) is 9.59 Å². The molecule has 0 saturated heterocycles. The van der Waals surface area contributed by atoms with E-state index in [1.54, 1.807) is 0 Å². The number of nitrogens with one attached hydrogen (secondary N) is 3. The van der Waals surface area contributed by atoms with E-state index in [4.69, 9.17) is 10.2 Å². The standard InChI is InChI=1S/C8H13N3O6/c1-9-5(12)3-10-8(17)11-4(7(15)16)2-6(13)14/h4H,2-3H2,1H3,(H,9,12)(H,13,14)(H,15,16)(H2,10,11,17)/t4-/m1/s1. The van der Waals surface area contributed by atoms with Crippen molar-refractivity contribution in [1.29, 1.82) is 0 Å². The maximum Gasteiger partial charge on any atom is 0.326 e. The number of likely N-dealkylation sites (N-methyl/N-ethyl adjacent to an activating group) is 1. The number of aliphatic carboxylic acids is 2. The Morgan fingerprint density at radius 1 is 1.18 bits per heavy atom. The van der Waals surface area contributed by atoms with E-state index in [1.165, 1.54) is 7.05 Å². The van der Waals surface area contributed by atoms with Crippen LogP contribution < -0.4 is 16.0 Å². The number of amides is 3. The fourth-order valence-corrected chi connectivity index (χ4v) is 0.833. The molecule has 0 aliphatic carbocycles. The first-order valence-corrected chi connectivity index (χ1v) is 4.56. The fraction of sp³-hybridized carbons (Fsp3) is 0.500. The summed E-state index contributed by atoms with van der Waals surface area (Å²) in [6.07, 6.45) is -0.747. The molecule has 9 heteroatoms. The monoisotopic (exact) mass is 247 g/mol. The van der Waals surface area contributed by atoms with Gasteiger partial charge in [-0.15, -0.1) is 0 Å². The van der Waals surface area contributed by atoms with E-state index in [-0.39, 0.29) is 6.54 Å². The molecule has 5 N–H and O–H groups in total. The molecule has 0 aliphatic heterocycles. The van der Waals surface area contributed by atoms with Crippen molar-refractivity contribution in [3.63, 3.8) is 0 Å². The highest BCUT2D eigenvalue weighted by Gasteiger charge is 2.22. The lowest BCUT2D eigenvalue weighted by Crippen LogP contribution is -2.48. The molecular formula is C8H13N3O6. The zero-order chi connectivity index (χ0) is 13.4. The Kier molecular flexibility index (Phi) is 6.08. The Morgan fingerprint density at radius 2 is 1.76 bits per heavy atom. The minimum Gasteiger partial charge on any atom is -0.481 e. The first-order chi connectivity index (χ1) is 7.86. The van der Waals surface area contributed by atoms with Crippen molar-refractivity contribution < 1.29 is 29.4 Å². The van der Waals surface area contributed by atoms with E-state index in [0.29, 0.717) is 0 Å². The number of hydrogen-bond acceptors (Lipinski definition) is 4. The van der Waals surface area contributed by atoms with E-state index in [9.17, 15) is 19.2 Å².